The van der Waals surface area contributed by atoms with Crippen molar-refractivity contribution >= 4 is 22.0 Å². The summed E-state index contributed by atoms with van der Waals surface area (Å²) in [4.78, 5) is 10.6. The predicted octanol–water partition coefficient (Wildman–Crippen LogP) is 3.47. The summed E-state index contributed by atoms with van der Waals surface area (Å²) >= 11 is 3.16. The molecule has 0 saturated carbocycles. The number of rotatable bonds is 4. The van der Waals surface area contributed by atoms with Gasteiger partial charge in [0.25, 0.3) is 0 Å². The van der Waals surface area contributed by atoms with Crippen LogP contribution >= 0.6 is 15.9 Å². The number of benzene rings is 1. The molecule has 0 heterocycles. The summed E-state index contributed by atoms with van der Waals surface area (Å²) in [6, 6.07) is 3.80. The third kappa shape index (κ3) is 3.66. The lowest BCUT2D eigenvalue weighted by atomic mass is 10.0. The van der Waals surface area contributed by atoms with E-state index in [9.17, 15) is 9.18 Å². The van der Waals surface area contributed by atoms with E-state index in [2.05, 4.69) is 27.8 Å². The third-order valence-corrected chi connectivity index (χ3v) is 2.45. The van der Waals surface area contributed by atoms with E-state index in [0.717, 1.165) is 0 Å². The first-order valence-electron chi connectivity index (χ1n) is 4.59. The normalized spacial score (nSPS) is 11.9. The minimum atomic E-state index is -1.15. The molecule has 16 heavy (non-hydrogen) atoms. The molecule has 1 unspecified atom stereocenters. The summed E-state index contributed by atoms with van der Waals surface area (Å²) in [5, 5.41) is 11.0. The Morgan fingerprint density at radius 1 is 1.62 bits per heavy atom. The van der Waals surface area contributed by atoms with Crippen molar-refractivity contribution in [2.45, 2.75) is 12.5 Å². The highest BCUT2D eigenvalue weighted by molar-refractivity contribution is 9.10. The van der Waals surface area contributed by atoms with E-state index < -0.39 is 18.0 Å². The zero-order valence-electron chi connectivity index (χ0n) is 8.41. The second-order valence-corrected chi connectivity index (χ2v) is 4.14. The van der Waals surface area contributed by atoms with Gasteiger partial charge in [0.2, 0.25) is 0 Å². The Bertz CT molecular complexity index is 389. The molecule has 0 radical (unpaired) electrons. The van der Waals surface area contributed by atoms with Crippen LogP contribution in [0.5, 0.6) is 0 Å². The molecule has 0 aromatic heterocycles. The number of nitrogens with one attached hydrogen (secondary N) is 1. The van der Waals surface area contributed by atoms with E-state index in [-0.39, 0.29) is 0 Å². The Morgan fingerprint density at radius 3 is 2.81 bits per heavy atom. The van der Waals surface area contributed by atoms with Gasteiger partial charge in [0.1, 0.15) is 5.82 Å². The van der Waals surface area contributed by atoms with Gasteiger partial charge in [-0.3, -0.25) is 0 Å². The Labute approximate surface area is 101 Å². The third-order valence-electron chi connectivity index (χ3n) is 1.99. The maximum atomic E-state index is 13.1. The van der Waals surface area contributed by atoms with Crippen molar-refractivity contribution < 1.29 is 14.3 Å². The van der Waals surface area contributed by atoms with Crippen LogP contribution in [0.25, 0.3) is 0 Å². The van der Waals surface area contributed by atoms with Crippen LogP contribution in [0.1, 0.15) is 18.0 Å². The van der Waals surface area contributed by atoms with Crippen molar-refractivity contribution in [1.82, 2.24) is 5.32 Å². The van der Waals surface area contributed by atoms with Crippen LogP contribution in [-0.2, 0) is 0 Å². The fourth-order valence-corrected chi connectivity index (χ4v) is 1.85. The van der Waals surface area contributed by atoms with Crippen LogP contribution < -0.4 is 5.32 Å². The minimum absolute atomic E-state index is 0.405. The molecule has 1 aromatic rings. The van der Waals surface area contributed by atoms with Gasteiger partial charge in [0, 0.05) is 4.47 Å². The van der Waals surface area contributed by atoms with Crippen LogP contribution in [0.4, 0.5) is 9.18 Å². The molecule has 0 saturated heterocycles. The van der Waals surface area contributed by atoms with Gasteiger partial charge in [-0.15, -0.1) is 6.58 Å². The number of hydrogen-bond acceptors (Lipinski definition) is 1. The van der Waals surface area contributed by atoms with Crippen molar-refractivity contribution in [2.75, 3.05) is 0 Å². The smallest absolute Gasteiger partial charge is 0.405 e. The highest BCUT2D eigenvalue weighted by Gasteiger charge is 2.13. The van der Waals surface area contributed by atoms with Crippen molar-refractivity contribution in [3.8, 4) is 0 Å². The molecule has 3 nitrogen and oxygen atoms in total. The molecule has 0 aliphatic rings. The Morgan fingerprint density at radius 2 is 2.31 bits per heavy atom. The molecular formula is C11H11BrFNO2. The maximum Gasteiger partial charge on any atom is 0.405 e. The van der Waals surface area contributed by atoms with E-state index in [1.54, 1.807) is 12.1 Å². The van der Waals surface area contributed by atoms with Gasteiger partial charge in [-0.2, -0.15) is 0 Å². The fraction of sp³-hybridized carbons (Fsp3) is 0.182. The van der Waals surface area contributed by atoms with Crippen molar-refractivity contribution in [1.29, 1.82) is 0 Å². The standard InChI is InChI=1S/C11H11BrFNO2/c1-2-3-10(14-11(15)16)7-4-8(12)6-9(13)5-7/h2,4-6,10,14H,1,3H2,(H,15,16). The van der Waals surface area contributed by atoms with Crippen molar-refractivity contribution in [3.05, 3.63) is 46.7 Å². The maximum absolute atomic E-state index is 13.1. The van der Waals surface area contributed by atoms with Crippen LogP contribution in [0.15, 0.2) is 35.3 Å². The predicted molar refractivity (Wildman–Crippen MR) is 62.8 cm³/mol. The van der Waals surface area contributed by atoms with E-state index in [0.29, 0.717) is 16.5 Å². The molecule has 2 N–H and O–H groups in total. The highest BCUT2D eigenvalue weighted by atomic mass is 79.9. The topological polar surface area (TPSA) is 49.3 Å². The summed E-state index contributed by atoms with van der Waals surface area (Å²) in [5.41, 5.74) is 0.564. The zero-order valence-corrected chi connectivity index (χ0v) is 10.00. The molecule has 0 aliphatic carbocycles. The van der Waals surface area contributed by atoms with E-state index >= 15 is 0 Å². The van der Waals surface area contributed by atoms with Gasteiger partial charge in [-0.1, -0.05) is 22.0 Å². The first-order chi connectivity index (χ1) is 7.52. The first-order valence-corrected chi connectivity index (χ1v) is 5.38. The van der Waals surface area contributed by atoms with E-state index in [4.69, 9.17) is 5.11 Å². The summed E-state index contributed by atoms with van der Waals surface area (Å²) < 4.78 is 13.7. The van der Waals surface area contributed by atoms with Crippen LogP contribution in [0.3, 0.4) is 0 Å². The molecule has 1 rings (SSSR count). The SMILES string of the molecule is C=CCC(NC(=O)O)c1cc(F)cc(Br)c1. The van der Waals surface area contributed by atoms with Gasteiger partial charge in [0.15, 0.2) is 0 Å². The Balaban J connectivity index is 2.99. The Kier molecular flexibility index (Phi) is 4.49. The summed E-state index contributed by atoms with van der Waals surface area (Å²) in [7, 11) is 0. The monoisotopic (exact) mass is 287 g/mol. The summed E-state index contributed by atoms with van der Waals surface area (Å²) in [5.74, 6) is -0.411. The van der Waals surface area contributed by atoms with E-state index in [1.807, 2.05) is 0 Å². The van der Waals surface area contributed by atoms with Gasteiger partial charge >= 0.3 is 6.09 Å². The average Bonchev–Trinajstić information content (AvgIpc) is 2.14. The lowest BCUT2D eigenvalue weighted by Gasteiger charge is -2.15. The number of halogens is 2. The van der Waals surface area contributed by atoms with Crippen LogP contribution in [0.2, 0.25) is 0 Å². The van der Waals surface area contributed by atoms with Crippen molar-refractivity contribution in [3.63, 3.8) is 0 Å². The minimum Gasteiger partial charge on any atom is -0.465 e. The zero-order chi connectivity index (χ0) is 12.1. The summed E-state index contributed by atoms with van der Waals surface area (Å²) in [6.45, 7) is 3.54. The molecule has 0 bridgehead atoms. The fourth-order valence-electron chi connectivity index (χ4n) is 1.37. The second kappa shape index (κ2) is 5.65. The molecule has 0 fully saturated rings. The number of carbonyl (C=O) groups is 1. The lowest BCUT2D eigenvalue weighted by Crippen LogP contribution is -2.26. The average molecular weight is 288 g/mol. The molecule has 1 aromatic carbocycles. The number of carboxylic acid groups (broad SMARTS) is 1. The first kappa shape index (κ1) is 12.7. The van der Waals surface area contributed by atoms with Gasteiger partial charge in [0.05, 0.1) is 6.04 Å². The quantitative estimate of drug-likeness (QED) is 0.833. The largest absolute Gasteiger partial charge is 0.465 e. The van der Waals surface area contributed by atoms with Crippen molar-refractivity contribution in [2.24, 2.45) is 0 Å². The molecule has 1 amide bonds. The molecule has 86 valence electrons. The number of hydrogen-bond donors (Lipinski definition) is 2. The molecule has 0 spiro atoms. The number of amides is 1. The lowest BCUT2D eigenvalue weighted by molar-refractivity contribution is 0.190. The summed E-state index contributed by atoms with van der Waals surface area (Å²) in [6.07, 6.45) is 0.842. The highest BCUT2D eigenvalue weighted by Crippen LogP contribution is 2.22. The van der Waals surface area contributed by atoms with Crippen LogP contribution in [-0.4, -0.2) is 11.2 Å². The van der Waals surface area contributed by atoms with Crippen LogP contribution in [0, 0.1) is 5.82 Å². The van der Waals surface area contributed by atoms with E-state index in [1.165, 1.54) is 12.1 Å². The Hall–Kier alpha value is -1.36. The molecule has 1 atom stereocenters. The molecule has 0 aliphatic heterocycles. The second-order valence-electron chi connectivity index (χ2n) is 3.23. The molecule has 5 heteroatoms. The van der Waals surface area contributed by atoms with Gasteiger partial charge in [-0.25, -0.2) is 9.18 Å². The van der Waals surface area contributed by atoms with Gasteiger partial charge in [-0.05, 0) is 30.2 Å². The van der Waals surface area contributed by atoms with Gasteiger partial charge < -0.3 is 10.4 Å². The molecular weight excluding hydrogens is 277 g/mol.